The lowest BCUT2D eigenvalue weighted by Gasteiger charge is -2.20. The average molecular weight is 274 g/mol. The number of carbonyl (C=O) groups excluding carboxylic acids is 2. The van der Waals surface area contributed by atoms with Crippen molar-refractivity contribution in [2.45, 2.75) is 25.3 Å². The van der Waals surface area contributed by atoms with Crippen LogP contribution in [0, 0.1) is 0 Å². The van der Waals surface area contributed by atoms with Gasteiger partial charge >= 0.3 is 5.97 Å². The molecular formula is C14H14N2O4. The molecule has 1 aliphatic carbocycles. The first-order chi connectivity index (χ1) is 9.54. The number of nitrogens with zero attached hydrogens (tertiary/aromatic N) is 1. The Bertz CT molecular complexity index is 607. The number of anilines is 1. The summed E-state index contributed by atoms with van der Waals surface area (Å²) in [5, 5.41) is 11.6. The van der Waals surface area contributed by atoms with E-state index in [9.17, 15) is 14.4 Å². The van der Waals surface area contributed by atoms with Gasteiger partial charge in [-0.2, -0.15) is 0 Å². The largest absolute Gasteiger partial charge is 0.480 e. The summed E-state index contributed by atoms with van der Waals surface area (Å²) in [4.78, 5) is 36.0. The SMILES string of the molecule is O=C(O)CN(C(=O)c1ccc2c(c1)CC(=O)N2)C1CC1. The Kier molecular flexibility index (Phi) is 2.93. The molecule has 1 aromatic carbocycles. The Morgan fingerprint density at radius 3 is 2.75 bits per heavy atom. The van der Waals surface area contributed by atoms with Gasteiger partial charge in [0.2, 0.25) is 5.91 Å². The van der Waals surface area contributed by atoms with E-state index in [0.29, 0.717) is 5.56 Å². The van der Waals surface area contributed by atoms with Crippen molar-refractivity contribution in [3.63, 3.8) is 0 Å². The number of carbonyl (C=O) groups is 3. The number of hydrogen-bond acceptors (Lipinski definition) is 3. The van der Waals surface area contributed by atoms with Crippen molar-refractivity contribution >= 4 is 23.5 Å². The van der Waals surface area contributed by atoms with Gasteiger partial charge in [-0.25, -0.2) is 0 Å². The Balaban J connectivity index is 1.84. The van der Waals surface area contributed by atoms with E-state index in [-0.39, 0.29) is 30.8 Å². The molecular weight excluding hydrogens is 260 g/mol. The molecule has 2 aliphatic rings. The molecule has 1 fully saturated rings. The third-order valence-electron chi connectivity index (χ3n) is 3.53. The topological polar surface area (TPSA) is 86.7 Å². The molecule has 3 rings (SSSR count). The summed E-state index contributed by atoms with van der Waals surface area (Å²) in [5.74, 6) is -1.38. The summed E-state index contributed by atoms with van der Waals surface area (Å²) in [6.45, 7) is -0.280. The number of nitrogens with one attached hydrogen (secondary N) is 1. The van der Waals surface area contributed by atoms with Gasteiger partial charge in [-0.3, -0.25) is 14.4 Å². The van der Waals surface area contributed by atoms with E-state index >= 15 is 0 Å². The zero-order chi connectivity index (χ0) is 14.3. The van der Waals surface area contributed by atoms with Gasteiger partial charge in [-0.05, 0) is 36.6 Å². The Morgan fingerprint density at radius 1 is 1.35 bits per heavy atom. The first-order valence-electron chi connectivity index (χ1n) is 6.50. The third-order valence-corrected chi connectivity index (χ3v) is 3.53. The van der Waals surface area contributed by atoms with Gasteiger partial charge in [0, 0.05) is 17.3 Å². The number of carboxylic acids is 1. The normalized spacial score (nSPS) is 16.5. The first-order valence-corrected chi connectivity index (χ1v) is 6.50. The maximum atomic E-state index is 12.4. The van der Waals surface area contributed by atoms with Crippen LogP contribution < -0.4 is 5.32 Å². The summed E-state index contributed by atoms with van der Waals surface area (Å²) >= 11 is 0. The molecule has 0 aromatic heterocycles. The van der Waals surface area contributed by atoms with Gasteiger partial charge in [0.05, 0.1) is 6.42 Å². The maximum absolute atomic E-state index is 12.4. The molecule has 0 unspecified atom stereocenters. The highest BCUT2D eigenvalue weighted by Crippen LogP contribution is 2.29. The minimum atomic E-state index is -1.01. The minimum absolute atomic E-state index is 0.0339. The van der Waals surface area contributed by atoms with Crippen LogP contribution in [0.2, 0.25) is 0 Å². The Hall–Kier alpha value is -2.37. The van der Waals surface area contributed by atoms with Crippen LogP contribution in [0.4, 0.5) is 5.69 Å². The molecule has 1 aliphatic heterocycles. The number of rotatable bonds is 4. The van der Waals surface area contributed by atoms with E-state index in [1.54, 1.807) is 18.2 Å². The molecule has 0 atom stereocenters. The molecule has 1 aromatic rings. The summed E-state index contributed by atoms with van der Waals surface area (Å²) < 4.78 is 0. The lowest BCUT2D eigenvalue weighted by atomic mass is 10.1. The zero-order valence-corrected chi connectivity index (χ0v) is 10.8. The Morgan fingerprint density at radius 2 is 2.10 bits per heavy atom. The number of carboxylic acid groups (broad SMARTS) is 1. The smallest absolute Gasteiger partial charge is 0.323 e. The van der Waals surface area contributed by atoms with Crippen molar-refractivity contribution in [1.29, 1.82) is 0 Å². The maximum Gasteiger partial charge on any atom is 0.323 e. The highest BCUT2D eigenvalue weighted by Gasteiger charge is 2.34. The zero-order valence-electron chi connectivity index (χ0n) is 10.8. The fraction of sp³-hybridized carbons (Fsp3) is 0.357. The molecule has 0 saturated heterocycles. The number of amides is 2. The fourth-order valence-corrected chi connectivity index (χ4v) is 2.43. The highest BCUT2D eigenvalue weighted by atomic mass is 16.4. The molecule has 1 heterocycles. The summed E-state index contributed by atoms with van der Waals surface area (Å²) in [7, 11) is 0. The van der Waals surface area contributed by atoms with E-state index in [0.717, 1.165) is 24.1 Å². The number of fused-ring (bicyclic) bond motifs is 1. The monoisotopic (exact) mass is 274 g/mol. The third kappa shape index (κ3) is 2.36. The molecule has 104 valence electrons. The molecule has 6 nitrogen and oxygen atoms in total. The van der Waals surface area contributed by atoms with Crippen LogP contribution in [-0.4, -0.2) is 40.4 Å². The Labute approximate surface area is 115 Å². The molecule has 0 radical (unpaired) electrons. The van der Waals surface area contributed by atoms with E-state index in [1.807, 2.05) is 0 Å². The van der Waals surface area contributed by atoms with Crippen LogP contribution in [0.1, 0.15) is 28.8 Å². The van der Waals surface area contributed by atoms with Gasteiger partial charge in [0.25, 0.3) is 5.91 Å². The predicted molar refractivity (Wildman–Crippen MR) is 70.5 cm³/mol. The average Bonchev–Trinajstić information content (AvgIpc) is 3.15. The lowest BCUT2D eigenvalue weighted by Crippen LogP contribution is -2.37. The van der Waals surface area contributed by atoms with Gasteiger partial charge in [0.15, 0.2) is 0 Å². The van der Waals surface area contributed by atoms with Gasteiger partial charge in [-0.15, -0.1) is 0 Å². The van der Waals surface area contributed by atoms with Crippen molar-refractivity contribution in [2.24, 2.45) is 0 Å². The number of hydrogen-bond donors (Lipinski definition) is 2. The van der Waals surface area contributed by atoms with Crippen LogP contribution in [-0.2, 0) is 16.0 Å². The molecule has 2 amide bonds. The molecule has 6 heteroatoms. The van der Waals surface area contributed by atoms with E-state index in [2.05, 4.69) is 5.32 Å². The van der Waals surface area contributed by atoms with Crippen molar-refractivity contribution < 1.29 is 19.5 Å². The van der Waals surface area contributed by atoms with Crippen LogP contribution in [0.3, 0.4) is 0 Å². The minimum Gasteiger partial charge on any atom is -0.480 e. The summed E-state index contributed by atoms with van der Waals surface area (Å²) in [5.41, 5.74) is 1.95. The van der Waals surface area contributed by atoms with E-state index in [4.69, 9.17) is 5.11 Å². The summed E-state index contributed by atoms with van der Waals surface area (Å²) in [6, 6.07) is 5.03. The quantitative estimate of drug-likeness (QED) is 0.853. The lowest BCUT2D eigenvalue weighted by molar-refractivity contribution is -0.137. The molecule has 0 bridgehead atoms. The highest BCUT2D eigenvalue weighted by molar-refractivity contribution is 6.02. The van der Waals surface area contributed by atoms with E-state index in [1.165, 1.54) is 4.90 Å². The van der Waals surface area contributed by atoms with Gasteiger partial charge in [-0.1, -0.05) is 0 Å². The van der Waals surface area contributed by atoms with Crippen LogP contribution in [0.5, 0.6) is 0 Å². The van der Waals surface area contributed by atoms with Crippen molar-refractivity contribution in [2.75, 3.05) is 11.9 Å². The van der Waals surface area contributed by atoms with Gasteiger partial charge in [0.1, 0.15) is 6.54 Å². The second-order valence-electron chi connectivity index (χ2n) is 5.15. The standard InChI is InChI=1S/C14H14N2O4/c17-12-6-9-5-8(1-4-11(9)15-12)14(20)16(7-13(18)19)10-2-3-10/h1,4-5,10H,2-3,6-7H2,(H,15,17)(H,18,19). The number of aliphatic carboxylic acids is 1. The van der Waals surface area contributed by atoms with Crippen LogP contribution in [0.25, 0.3) is 0 Å². The molecule has 2 N–H and O–H groups in total. The second kappa shape index (κ2) is 4.63. The van der Waals surface area contributed by atoms with Gasteiger partial charge < -0.3 is 15.3 Å². The predicted octanol–water partition coefficient (Wildman–Crippen LogP) is 0.870. The van der Waals surface area contributed by atoms with E-state index < -0.39 is 5.97 Å². The van der Waals surface area contributed by atoms with Crippen molar-refractivity contribution in [3.8, 4) is 0 Å². The van der Waals surface area contributed by atoms with Crippen molar-refractivity contribution in [1.82, 2.24) is 4.90 Å². The summed E-state index contributed by atoms with van der Waals surface area (Å²) in [6.07, 6.45) is 1.97. The number of benzene rings is 1. The molecule has 1 saturated carbocycles. The first kappa shape index (κ1) is 12.7. The molecule has 0 spiro atoms. The second-order valence-corrected chi connectivity index (χ2v) is 5.15. The van der Waals surface area contributed by atoms with Crippen LogP contribution in [0.15, 0.2) is 18.2 Å². The van der Waals surface area contributed by atoms with Crippen molar-refractivity contribution in [3.05, 3.63) is 29.3 Å². The molecule has 20 heavy (non-hydrogen) atoms. The fourth-order valence-electron chi connectivity index (χ4n) is 2.43. The van der Waals surface area contributed by atoms with Crippen LogP contribution >= 0.6 is 0 Å².